The maximum atomic E-state index is 11.5. The van der Waals surface area contributed by atoms with Crippen LogP contribution in [0.1, 0.15) is 32.8 Å². The zero-order valence-electron chi connectivity index (χ0n) is 11.1. The molecular weight excluding hydrogens is 232 g/mol. The van der Waals surface area contributed by atoms with Crippen LogP contribution in [0.3, 0.4) is 0 Å². The molecule has 1 aromatic rings. The summed E-state index contributed by atoms with van der Waals surface area (Å²) >= 11 is 0. The third kappa shape index (κ3) is 4.24. The van der Waals surface area contributed by atoms with Crippen LogP contribution in [-0.2, 0) is 19.7 Å². The molecule has 18 heavy (non-hydrogen) atoms. The van der Waals surface area contributed by atoms with Crippen molar-refractivity contribution in [2.24, 2.45) is 0 Å². The number of esters is 1. The molecule has 0 unspecified atom stereocenters. The first-order chi connectivity index (χ1) is 8.45. The van der Waals surface area contributed by atoms with Crippen molar-refractivity contribution < 1.29 is 14.3 Å². The van der Waals surface area contributed by atoms with E-state index in [1.807, 2.05) is 32.3 Å². The lowest BCUT2D eigenvalue weighted by Gasteiger charge is -2.23. The molecule has 0 bridgehead atoms. The van der Waals surface area contributed by atoms with Gasteiger partial charge in [0, 0.05) is 24.4 Å². The van der Waals surface area contributed by atoms with E-state index in [1.54, 1.807) is 6.92 Å². The van der Waals surface area contributed by atoms with E-state index in [0.29, 0.717) is 13.2 Å². The molecule has 1 amide bonds. The van der Waals surface area contributed by atoms with Gasteiger partial charge in [0.05, 0.1) is 6.61 Å². The van der Waals surface area contributed by atoms with Crippen LogP contribution in [0.25, 0.3) is 0 Å². The number of carbonyl (C=O) groups excluding carboxylic acids is 2. The first kappa shape index (κ1) is 14.3. The second-order valence-electron chi connectivity index (χ2n) is 4.74. The minimum absolute atomic E-state index is 0.176. The van der Waals surface area contributed by atoms with Gasteiger partial charge in [-0.3, -0.25) is 9.59 Å². The number of amides is 1. The predicted octanol–water partition coefficient (Wildman–Crippen LogP) is 1.36. The Hall–Kier alpha value is -1.78. The van der Waals surface area contributed by atoms with E-state index in [1.165, 1.54) is 0 Å². The van der Waals surface area contributed by atoms with Crippen LogP contribution in [0.2, 0.25) is 0 Å². The Kier molecular flexibility index (Phi) is 4.95. The highest BCUT2D eigenvalue weighted by atomic mass is 16.5. The number of ether oxygens (including phenoxy) is 1. The van der Waals surface area contributed by atoms with Crippen molar-refractivity contribution in [2.45, 2.75) is 32.6 Å². The topological polar surface area (TPSA) is 71.2 Å². The first-order valence-corrected chi connectivity index (χ1v) is 6.01. The van der Waals surface area contributed by atoms with Crippen LogP contribution in [-0.4, -0.2) is 30.0 Å². The van der Waals surface area contributed by atoms with Gasteiger partial charge in [0.2, 0.25) is 5.91 Å². The zero-order chi connectivity index (χ0) is 13.6. The van der Waals surface area contributed by atoms with E-state index in [0.717, 1.165) is 5.56 Å². The van der Waals surface area contributed by atoms with E-state index < -0.39 is 5.97 Å². The van der Waals surface area contributed by atoms with Gasteiger partial charge in [0.15, 0.2) is 0 Å². The number of carbonyl (C=O) groups is 2. The van der Waals surface area contributed by atoms with Crippen LogP contribution in [0, 0.1) is 0 Å². The van der Waals surface area contributed by atoms with E-state index in [-0.39, 0.29) is 17.7 Å². The lowest BCUT2D eigenvalue weighted by atomic mass is 9.86. The highest BCUT2D eigenvalue weighted by molar-refractivity contribution is 5.94. The molecule has 1 heterocycles. The number of hydrogen-bond acceptors (Lipinski definition) is 3. The second-order valence-corrected chi connectivity index (χ2v) is 4.74. The molecule has 1 rings (SSSR count). The number of H-pyrrole nitrogens is 1. The minimum Gasteiger partial charge on any atom is -0.466 e. The predicted molar refractivity (Wildman–Crippen MR) is 68.1 cm³/mol. The maximum absolute atomic E-state index is 11.5. The highest BCUT2D eigenvalue weighted by Crippen LogP contribution is 2.21. The van der Waals surface area contributed by atoms with E-state index in [2.05, 4.69) is 10.3 Å². The van der Waals surface area contributed by atoms with Crippen molar-refractivity contribution in [1.82, 2.24) is 10.3 Å². The van der Waals surface area contributed by atoms with E-state index >= 15 is 0 Å². The fraction of sp³-hybridized carbons (Fsp3) is 0.538. The number of rotatable bonds is 6. The van der Waals surface area contributed by atoms with Gasteiger partial charge in [0.25, 0.3) is 0 Å². The second kappa shape index (κ2) is 6.23. The summed E-state index contributed by atoms with van der Waals surface area (Å²) in [6.45, 7) is 6.54. The van der Waals surface area contributed by atoms with Crippen molar-refractivity contribution in [2.75, 3.05) is 13.2 Å². The third-order valence-corrected chi connectivity index (χ3v) is 2.72. The molecule has 0 radical (unpaired) electrons. The molecular formula is C13H20N2O3. The summed E-state index contributed by atoms with van der Waals surface area (Å²) in [5.74, 6) is -0.800. The van der Waals surface area contributed by atoms with Crippen molar-refractivity contribution in [3.8, 4) is 0 Å². The molecule has 5 heteroatoms. The Labute approximate surface area is 107 Å². The lowest BCUT2D eigenvalue weighted by Crippen LogP contribution is -2.37. The van der Waals surface area contributed by atoms with E-state index in [4.69, 9.17) is 4.74 Å². The fourth-order valence-electron chi connectivity index (χ4n) is 1.57. The maximum Gasteiger partial charge on any atom is 0.315 e. The van der Waals surface area contributed by atoms with Gasteiger partial charge < -0.3 is 15.0 Å². The summed E-state index contributed by atoms with van der Waals surface area (Å²) in [5, 5.41) is 2.75. The molecule has 0 aliphatic carbocycles. The smallest absolute Gasteiger partial charge is 0.315 e. The van der Waals surface area contributed by atoms with Crippen LogP contribution in [0.4, 0.5) is 0 Å². The summed E-state index contributed by atoms with van der Waals surface area (Å²) < 4.78 is 4.71. The molecule has 0 aliphatic rings. The molecule has 0 spiro atoms. The number of hydrogen-bond donors (Lipinski definition) is 2. The van der Waals surface area contributed by atoms with Crippen LogP contribution < -0.4 is 5.32 Å². The molecule has 1 aromatic heterocycles. The Morgan fingerprint density at radius 3 is 2.72 bits per heavy atom. The van der Waals surface area contributed by atoms with Gasteiger partial charge in [-0.2, -0.15) is 0 Å². The van der Waals surface area contributed by atoms with Gasteiger partial charge >= 0.3 is 5.97 Å². The Morgan fingerprint density at radius 2 is 2.17 bits per heavy atom. The van der Waals surface area contributed by atoms with Gasteiger partial charge in [-0.05, 0) is 18.6 Å². The molecule has 5 nitrogen and oxygen atoms in total. The zero-order valence-corrected chi connectivity index (χ0v) is 11.1. The van der Waals surface area contributed by atoms with Crippen LogP contribution >= 0.6 is 0 Å². The van der Waals surface area contributed by atoms with Crippen molar-refractivity contribution in [1.29, 1.82) is 0 Å². The van der Waals surface area contributed by atoms with Crippen molar-refractivity contribution in [3.05, 3.63) is 24.0 Å². The number of aromatic nitrogens is 1. The van der Waals surface area contributed by atoms with E-state index in [9.17, 15) is 9.59 Å². The number of aromatic amines is 1. The Bertz CT molecular complexity index is 396. The van der Waals surface area contributed by atoms with Gasteiger partial charge in [0.1, 0.15) is 6.42 Å². The largest absolute Gasteiger partial charge is 0.466 e. The molecule has 0 aromatic carbocycles. The van der Waals surface area contributed by atoms with Crippen LogP contribution in [0.15, 0.2) is 18.5 Å². The van der Waals surface area contributed by atoms with Crippen molar-refractivity contribution in [3.63, 3.8) is 0 Å². The van der Waals surface area contributed by atoms with Crippen molar-refractivity contribution >= 4 is 11.9 Å². The fourth-order valence-corrected chi connectivity index (χ4v) is 1.57. The summed E-state index contributed by atoms with van der Waals surface area (Å²) in [4.78, 5) is 25.6. The third-order valence-electron chi connectivity index (χ3n) is 2.72. The lowest BCUT2D eigenvalue weighted by molar-refractivity contribution is -0.146. The monoisotopic (exact) mass is 252 g/mol. The standard InChI is InChI=1S/C13H20N2O3/c1-4-18-12(17)7-11(16)15-9-13(2,3)10-5-6-14-8-10/h5-6,8,14H,4,7,9H2,1-3H3,(H,15,16). The quantitative estimate of drug-likeness (QED) is 0.593. The SMILES string of the molecule is CCOC(=O)CC(=O)NCC(C)(C)c1cc[nH]c1. The first-order valence-electron chi connectivity index (χ1n) is 6.01. The molecule has 0 aliphatic heterocycles. The summed E-state index contributed by atoms with van der Waals surface area (Å²) in [6.07, 6.45) is 3.52. The molecule has 100 valence electrons. The molecule has 0 atom stereocenters. The normalized spacial score (nSPS) is 11.1. The summed E-state index contributed by atoms with van der Waals surface area (Å²) in [6, 6.07) is 1.97. The Balaban J connectivity index is 2.41. The average Bonchev–Trinajstić information content (AvgIpc) is 2.81. The van der Waals surface area contributed by atoms with Gasteiger partial charge in [-0.25, -0.2) is 0 Å². The minimum atomic E-state index is -0.491. The molecule has 2 N–H and O–H groups in total. The van der Waals surface area contributed by atoms with Crippen LogP contribution in [0.5, 0.6) is 0 Å². The summed E-state index contributed by atoms with van der Waals surface area (Å²) in [5.41, 5.74) is 0.934. The number of nitrogens with one attached hydrogen (secondary N) is 2. The molecule has 0 fully saturated rings. The molecule has 0 saturated heterocycles. The summed E-state index contributed by atoms with van der Waals surface area (Å²) in [7, 11) is 0. The van der Waals surface area contributed by atoms with Gasteiger partial charge in [-0.15, -0.1) is 0 Å². The molecule has 0 saturated carbocycles. The Morgan fingerprint density at radius 1 is 1.44 bits per heavy atom. The average molecular weight is 252 g/mol. The van der Waals surface area contributed by atoms with Gasteiger partial charge in [-0.1, -0.05) is 13.8 Å². The highest BCUT2D eigenvalue weighted by Gasteiger charge is 2.22.